The summed E-state index contributed by atoms with van der Waals surface area (Å²) >= 11 is 5.86. The molecular weight excluding hydrogens is 354 g/mol. The van der Waals surface area contributed by atoms with Crippen molar-refractivity contribution in [1.82, 2.24) is 15.5 Å². The van der Waals surface area contributed by atoms with Crippen LogP contribution in [0.3, 0.4) is 0 Å². The van der Waals surface area contributed by atoms with Gasteiger partial charge in [-0.05, 0) is 50.5 Å². The molecule has 0 radical (unpaired) electrons. The van der Waals surface area contributed by atoms with Gasteiger partial charge in [-0.25, -0.2) is 0 Å². The van der Waals surface area contributed by atoms with Crippen LogP contribution in [0.5, 0.6) is 0 Å². The molecule has 0 unspecified atom stereocenters. The first-order valence-electron chi connectivity index (χ1n) is 9.05. The molecule has 0 aromatic heterocycles. The van der Waals surface area contributed by atoms with Gasteiger partial charge in [0, 0.05) is 30.2 Å². The van der Waals surface area contributed by atoms with Crippen LogP contribution in [0.4, 0.5) is 0 Å². The average molecular weight is 380 g/mol. The highest BCUT2D eigenvalue weighted by Crippen LogP contribution is 2.20. The average Bonchev–Trinajstić information content (AvgIpc) is 2.66. The number of rotatable bonds is 6. The largest absolute Gasteiger partial charge is 0.354 e. The van der Waals surface area contributed by atoms with Crippen LogP contribution in [0.25, 0.3) is 0 Å². The molecule has 7 heteroatoms. The first-order chi connectivity index (χ1) is 12.4. The van der Waals surface area contributed by atoms with E-state index in [1.807, 2.05) is 6.92 Å². The van der Waals surface area contributed by atoms with Gasteiger partial charge < -0.3 is 15.5 Å². The van der Waals surface area contributed by atoms with Gasteiger partial charge in [-0.15, -0.1) is 0 Å². The first-order valence-corrected chi connectivity index (χ1v) is 9.43. The molecule has 0 aliphatic carbocycles. The summed E-state index contributed by atoms with van der Waals surface area (Å²) in [4.78, 5) is 38.7. The Morgan fingerprint density at radius 1 is 1.27 bits per heavy atom. The van der Waals surface area contributed by atoms with Gasteiger partial charge in [0.05, 0.1) is 5.92 Å². The standard InChI is InChI=1S/C19H26ClN3O3/c1-3-10-21-17(24)13(2)22-18(25)15-5-4-11-23(12-15)19(26)14-6-8-16(20)9-7-14/h6-9,13,15H,3-5,10-12H2,1-2H3,(H,21,24)(H,22,25)/t13-,15+/m1/s1. The van der Waals surface area contributed by atoms with Gasteiger partial charge in [-0.2, -0.15) is 0 Å². The van der Waals surface area contributed by atoms with Crippen LogP contribution in [0.1, 0.15) is 43.5 Å². The summed E-state index contributed by atoms with van der Waals surface area (Å²) in [6.07, 6.45) is 2.31. The zero-order valence-electron chi connectivity index (χ0n) is 15.3. The van der Waals surface area contributed by atoms with Crippen LogP contribution in [0.2, 0.25) is 5.02 Å². The van der Waals surface area contributed by atoms with Crippen LogP contribution in [0, 0.1) is 5.92 Å². The van der Waals surface area contributed by atoms with Gasteiger partial charge in [-0.1, -0.05) is 18.5 Å². The number of hydrogen-bond donors (Lipinski definition) is 2. The van der Waals surface area contributed by atoms with Crippen molar-refractivity contribution in [2.75, 3.05) is 19.6 Å². The molecule has 0 bridgehead atoms. The lowest BCUT2D eigenvalue weighted by atomic mass is 9.96. The fraction of sp³-hybridized carbons (Fsp3) is 0.526. The van der Waals surface area contributed by atoms with Crippen molar-refractivity contribution >= 4 is 29.3 Å². The Labute approximate surface area is 159 Å². The highest BCUT2D eigenvalue weighted by atomic mass is 35.5. The topological polar surface area (TPSA) is 78.5 Å². The Morgan fingerprint density at radius 3 is 2.62 bits per heavy atom. The summed E-state index contributed by atoms with van der Waals surface area (Å²) in [5.41, 5.74) is 0.558. The zero-order chi connectivity index (χ0) is 19.1. The van der Waals surface area contributed by atoms with Crippen molar-refractivity contribution in [2.24, 2.45) is 5.92 Å². The van der Waals surface area contributed by atoms with E-state index in [1.165, 1.54) is 0 Å². The van der Waals surface area contributed by atoms with Crippen LogP contribution in [-0.4, -0.2) is 48.3 Å². The lowest BCUT2D eigenvalue weighted by Crippen LogP contribution is -2.50. The van der Waals surface area contributed by atoms with E-state index < -0.39 is 6.04 Å². The molecule has 6 nitrogen and oxygen atoms in total. The normalized spacial score (nSPS) is 18.1. The van der Waals surface area contributed by atoms with E-state index in [2.05, 4.69) is 10.6 Å². The number of piperidine rings is 1. The molecule has 1 aliphatic heterocycles. The zero-order valence-corrected chi connectivity index (χ0v) is 16.0. The molecule has 1 heterocycles. The molecule has 1 aliphatic rings. The molecule has 0 saturated carbocycles. The Kier molecular flexibility index (Phi) is 7.45. The van der Waals surface area contributed by atoms with Crippen molar-refractivity contribution in [3.8, 4) is 0 Å². The minimum atomic E-state index is -0.587. The fourth-order valence-electron chi connectivity index (χ4n) is 2.95. The summed E-state index contributed by atoms with van der Waals surface area (Å²) in [6, 6.07) is 6.15. The van der Waals surface area contributed by atoms with Gasteiger partial charge in [0.1, 0.15) is 6.04 Å². The summed E-state index contributed by atoms with van der Waals surface area (Å²) in [7, 11) is 0. The van der Waals surface area contributed by atoms with E-state index in [4.69, 9.17) is 11.6 Å². The van der Waals surface area contributed by atoms with E-state index in [9.17, 15) is 14.4 Å². The van der Waals surface area contributed by atoms with Crippen molar-refractivity contribution < 1.29 is 14.4 Å². The van der Waals surface area contributed by atoms with Gasteiger partial charge in [-0.3, -0.25) is 14.4 Å². The minimum Gasteiger partial charge on any atom is -0.354 e. The number of nitrogens with zero attached hydrogens (tertiary/aromatic N) is 1. The van der Waals surface area contributed by atoms with E-state index >= 15 is 0 Å². The molecule has 142 valence electrons. The van der Waals surface area contributed by atoms with Gasteiger partial charge in [0.2, 0.25) is 11.8 Å². The summed E-state index contributed by atoms with van der Waals surface area (Å²) in [5.74, 6) is -0.780. The molecular formula is C19H26ClN3O3. The molecule has 1 saturated heterocycles. The monoisotopic (exact) mass is 379 g/mol. The molecule has 0 spiro atoms. The second-order valence-corrected chi connectivity index (χ2v) is 7.05. The second-order valence-electron chi connectivity index (χ2n) is 6.62. The summed E-state index contributed by atoms with van der Waals surface area (Å²) in [5, 5.41) is 6.10. The fourth-order valence-corrected chi connectivity index (χ4v) is 3.07. The smallest absolute Gasteiger partial charge is 0.253 e. The van der Waals surface area contributed by atoms with Gasteiger partial charge in [0.15, 0.2) is 0 Å². The van der Waals surface area contributed by atoms with Gasteiger partial charge >= 0.3 is 0 Å². The van der Waals surface area contributed by atoms with Gasteiger partial charge in [0.25, 0.3) is 5.91 Å². The number of carbonyl (C=O) groups excluding carboxylic acids is 3. The predicted octanol–water partition coefficient (Wildman–Crippen LogP) is 2.22. The third-order valence-electron chi connectivity index (χ3n) is 4.47. The van der Waals surface area contributed by atoms with Crippen LogP contribution >= 0.6 is 11.6 Å². The van der Waals surface area contributed by atoms with Crippen molar-refractivity contribution in [3.05, 3.63) is 34.9 Å². The molecule has 1 fully saturated rings. The number of hydrogen-bond acceptors (Lipinski definition) is 3. The first kappa shape index (κ1) is 20.2. The van der Waals surface area contributed by atoms with E-state index in [0.29, 0.717) is 36.6 Å². The van der Waals surface area contributed by atoms with Crippen molar-refractivity contribution in [1.29, 1.82) is 0 Å². The summed E-state index contributed by atoms with van der Waals surface area (Å²) < 4.78 is 0. The van der Waals surface area contributed by atoms with Crippen LogP contribution < -0.4 is 10.6 Å². The highest BCUT2D eigenvalue weighted by Gasteiger charge is 2.30. The number of benzene rings is 1. The second kappa shape index (κ2) is 9.57. The quantitative estimate of drug-likeness (QED) is 0.795. The number of amides is 3. The Morgan fingerprint density at radius 2 is 1.96 bits per heavy atom. The maximum absolute atomic E-state index is 12.6. The maximum Gasteiger partial charge on any atom is 0.253 e. The third-order valence-corrected chi connectivity index (χ3v) is 4.72. The molecule has 2 rings (SSSR count). The molecule has 26 heavy (non-hydrogen) atoms. The lowest BCUT2D eigenvalue weighted by Gasteiger charge is -2.32. The van der Waals surface area contributed by atoms with E-state index in [-0.39, 0.29) is 23.6 Å². The van der Waals surface area contributed by atoms with Crippen molar-refractivity contribution in [2.45, 2.75) is 39.2 Å². The van der Waals surface area contributed by atoms with Crippen molar-refractivity contribution in [3.63, 3.8) is 0 Å². The van der Waals surface area contributed by atoms with E-state index in [1.54, 1.807) is 36.1 Å². The molecule has 1 aromatic carbocycles. The maximum atomic E-state index is 12.6. The van der Waals surface area contributed by atoms with E-state index in [0.717, 1.165) is 12.8 Å². The molecule has 3 amide bonds. The third kappa shape index (κ3) is 5.46. The molecule has 2 atom stereocenters. The Hall–Kier alpha value is -2.08. The highest BCUT2D eigenvalue weighted by molar-refractivity contribution is 6.30. The Balaban J connectivity index is 1.92. The molecule has 2 N–H and O–H groups in total. The number of likely N-dealkylation sites (tertiary alicyclic amines) is 1. The number of halogens is 1. The van der Waals surface area contributed by atoms with Crippen LogP contribution in [-0.2, 0) is 9.59 Å². The minimum absolute atomic E-state index is 0.104. The number of nitrogens with one attached hydrogen (secondary N) is 2. The molecule has 1 aromatic rings. The lowest BCUT2D eigenvalue weighted by molar-refractivity contribution is -0.131. The predicted molar refractivity (Wildman–Crippen MR) is 101 cm³/mol. The van der Waals surface area contributed by atoms with Crippen LogP contribution in [0.15, 0.2) is 24.3 Å². The summed E-state index contributed by atoms with van der Waals surface area (Å²) in [6.45, 7) is 5.21. The number of carbonyl (C=O) groups is 3. The SMILES string of the molecule is CCCNC(=O)[C@@H](C)NC(=O)[C@H]1CCCN(C(=O)c2ccc(Cl)cc2)C1. The Bertz CT molecular complexity index is 648.